The minimum atomic E-state index is -0.324. The normalized spacial score (nSPS) is 38.0. The molecule has 0 aromatic rings. The third-order valence-electron chi connectivity index (χ3n) is 1.38. The fourth-order valence-electron chi connectivity index (χ4n) is 0.846. The molecule has 0 saturated carbocycles. The van der Waals surface area contributed by atoms with E-state index in [1.54, 1.807) is 0 Å². The quantitative estimate of drug-likeness (QED) is 0.459. The Morgan fingerprint density at radius 1 is 1.56 bits per heavy atom. The van der Waals surface area contributed by atoms with Crippen molar-refractivity contribution in [3.05, 3.63) is 0 Å². The highest BCUT2D eigenvalue weighted by atomic mass is 16.5. The molecule has 3 heteroatoms. The van der Waals surface area contributed by atoms with Crippen molar-refractivity contribution in [3.63, 3.8) is 0 Å². The van der Waals surface area contributed by atoms with E-state index in [-0.39, 0.29) is 12.2 Å². The molecule has 0 spiro atoms. The lowest BCUT2D eigenvalue weighted by Gasteiger charge is -2.07. The molecular formula is C6H13NO2. The van der Waals surface area contributed by atoms with Gasteiger partial charge in [0, 0.05) is 13.1 Å². The number of aliphatic hydroxyl groups excluding tert-OH is 1. The first-order valence-electron chi connectivity index (χ1n) is 3.29. The van der Waals surface area contributed by atoms with Crippen LogP contribution >= 0.6 is 0 Å². The van der Waals surface area contributed by atoms with Gasteiger partial charge in [0.2, 0.25) is 0 Å². The molecule has 2 N–H and O–H groups in total. The maximum Gasteiger partial charge on any atom is 0.0897 e. The van der Waals surface area contributed by atoms with Gasteiger partial charge in [-0.25, -0.2) is 0 Å². The maximum absolute atomic E-state index is 9.02. The summed E-state index contributed by atoms with van der Waals surface area (Å²) in [4.78, 5) is 0. The third-order valence-corrected chi connectivity index (χ3v) is 1.38. The predicted molar refractivity (Wildman–Crippen MR) is 34.3 cm³/mol. The molecule has 0 aliphatic carbocycles. The largest absolute Gasteiger partial charge is 0.389 e. The van der Waals surface area contributed by atoms with Gasteiger partial charge in [0.15, 0.2) is 0 Å². The Labute approximate surface area is 55.0 Å². The van der Waals surface area contributed by atoms with Crippen LogP contribution in [0.4, 0.5) is 0 Å². The van der Waals surface area contributed by atoms with Crippen LogP contribution in [-0.4, -0.2) is 37.0 Å². The molecule has 1 rings (SSSR count). The summed E-state index contributed by atoms with van der Waals surface area (Å²) >= 11 is 0. The third kappa shape index (κ3) is 2.30. The van der Waals surface area contributed by atoms with Crippen molar-refractivity contribution in [1.82, 2.24) is 5.32 Å². The van der Waals surface area contributed by atoms with E-state index in [1.165, 1.54) is 0 Å². The number of β-amino-alcohol motifs (C(OH)–C–C–N with tert-alkyl or cyclic N) is 1. The molecule has 1 aliphatic rings. The van der Waals surface area contributed by atoms with Crippen molar-refractivity contribution in [2.24, 2.45) is 0 Å². The summed E-state index contributed by atoms with van der Waals surface area (Å²) in [7, 11) is 0. The van der Waals surface area contributed by atoms with Crippen LogP contribution < -0.4 is 5.32 Å². The number of hydrogen-bond acceptors (Lipinski definition) is 3. The number of aliphatic hydroxyl groups is 1. The predicted octanol–water partition coefficient (Wildman–Crippen LogP) is -0.644. The lowest BCUT2D eigenvalue weighted by Crippen LogP contribution is -2.27. The van der Waals surface area contributed by atoms with Gasteiger partial charge in [-0.2, -0.15) is 0 Å². The first-order chi connectivity index (χ1) is 4.29. The lowest BCUT2D eigenvalue weighted by molar-refractivity contribution is 0.0216. The zero-order valence-electron chi connectivity index (χ0n) is 5.63. The van der Waals surface area contributed by atoms with Gasteiger partial charge in [-0.1, -0.05) is 0 Å². The van der Waals surface area contributed by atoms with Crippen LogP contribution in [-0.2, 0) is 4.74 Å². The van der Waals surface area contributed by atoms with E-state index in [1.807, 2.05) is 6.92 Å². The molecule has 3 nitrogen and oxygen atoms in total. The smallest absolute Gasteiger partial charge is 0.0897 e. The van der Waals surface area contributed by atoms with Crippen LogP contribution in [0.25, 0.3) is 0 Å². The van der Waals surface area contributed by atoms with Gasteiger partial charge in [0.25, 0.3) is 0 Å². The van der Waals surface area contributed by atoms with Crippen LogP contribution in [0, 0.1) is 0 Å². The molecule has 0 bridgehead atoms. The fraction of sp³-hybridized carbons (Fsp3) is 1.00. The lowest BCUT2D eigenvalue weighted by atomic mass is 10.4. The van der Waals surface area contributed by atoms with Crippen LogP contribution in [0.5, 0.6) is 0 Å². The Kier molecular flexibility index (Phi) is 2.45. The molecule has 2 atom stereocenters. The van der Waals surface area contributed by atoms with Gasteiger partial charge in [0.05, 0.1) is 18.8 Å². The summed E-state index contributed by atoms with van der Waals surface area (Å²) in [5.41, 5.74) is 0. The topological polar surface area (TPSA) is 41.5 Å². The summed E-state index contributed by atoms with van der Waals surface area (Å²) in [5, 5.41) is 12.1. The van der Waals surface area contributed by atoms with Gasteiger partial charge in [-0.05, 0) is 6.92 Å². The van der Waals surface area contributed by atoms with Gasteiger partial charge in [-0.15, -0.1) is 0 Å². The van der Waals surface area contributed by atoms with E-state index in [2.05, 4.69) is 5.32 Å². The van der Waals surface area contributed by atoms with E-state index in [9.17, 15) is 0 Å². The van der Waals surface area contributed by atoms with Crippen LogP contribution in [0.1, 0.15) is 6.92 Å². The summed E-state index contributed by atoms with van der Waals surface area (Å²) in [6.45, 7) is 3.96. The highest BCUT2D eigenvalue weighted by molar-refractivity contribution is 4.66. The maximum atomic E-state index is 9.02. The average molecular weight is 131 g/mol. The molecule has 1 heterocycles. The Morgan fingerprint density at radius 2 is 2.33 bits per heavy atom. The van der Waals surface area contributed by atoms with Crippen LogP contribution in [0.3, 0.4) is 0 Å². The monoisotopic (exact) mass is 131 g/mol. The molecule has 0 amide bonds. The highest BCUT2D eigenvalue weighted by Gasteiger charge is 2.11. The summed E-state index contributed by atoms with van der Waals surface area (Å²) in [6.07, 6.45) is -0.0860. The molecule has 0 aromatic heterocycles. The van der Waals surface area contributed by atoms with Crippen molar-refractivity contribution in [3.8, 4) is 0 Å². The molecule has 1 aliphatic heterocycles. The molecule has 0 aromatic carbocycles. The van der Waals surface area contributed by atoms with Crippen molar-refractivity contribution in [2.45, 2.75) is 19.1 Å². The zero-order chi connectivity index (χ0) is 6.69. The average Bonchev–Trinajstić information content (AvgIpc) is 1.97. The first-order valence-corrected chi connectivity index (χ1v) is 3.29. The van der Waals surface area contributed by atoms with Crippen LogP contribution in [0.2, 0.25) is 0 Å². The van der Waals surface area contributed by atoms with Crippen molar-refractivity contribution < 1.29 is 9.84 Å². The van der Waals surface area contributed by atoms with E-state index < -0.39 is 0 Å². The second kappa shape index (κ2) is 3.15. The highest BCUT2D eigenvalue weighted by Crippen LogP contribution is 1.95. The van der Waals surface area contributed by atoms with E-state index in [0.29, 0.717) is 13.2 Å². The second-order valence-corrected chi connectivity index (χ2v) is 2.46. The Bertz CT molecular complexity index is 77.1. The summed E-state index contributed by atoms with van der Waals surface area (Å²) in [5.74, 6) is 0. The SMILES string of the molecule is CC1CNCC(O)CO1. The first kappa shape index (κ1) is 6.99. The van der Waals surface area contributed by atoms with Crippen molar-refractivity contribution in [1.29, 1.82) is 0 Å². The van der Waals surface area contributed by atoms with Crippen molar-refractivity contribution in [2.75, 3.05) is 19.7 Å². The number of ether oxygens (including phenoxy) is 1. The van der Waals surface area contributed by atoms with Gasteiger partial charge in [0.1, 0.15) is 0 Å². The molecule has 9 heavy (non-hydrogen) atoms. The summed E-state index contributed by atoms with van der Waals surface area (Å²) in [6, 6.07) is 0. The number of rotatable bonds is 0. The minimum Gasteiger partial charge on any atom is -0.389 e. The van der Waals surface area contributed by atoms with Gasteiger partial charge >= 0.3 is 0 Å². The molecule has 1 fully saturated rings. The minimum absolute atomic E-state index is 0.238. The standard InChI is InChI=1S/C6H13NO2/c1-5-2-7-3-6(8)4-9-5/h5-8H,2-4H2,1H3. The molecule has 2 unspecified atom stereocenters. The second-order valence-electron chi connectivity index (χ2n) is 2.46. The zero-order valence-corrected chi connectivity index (χ0v) is 5.63. The van der Waals surface area contributed by atoms with Gasteiger partial charge in [-0.3, -0.25) is 0 Å². The Balaban J connectivity index is 2.25. The van der Waals surface area contributed by atoms with E-state index in [4.69, 9.17) is 9.84 Å². The van der Waals surface area contributed by atoms with E-state index >= 15 is 0 Å². The number of hydrogen-bond donors (Lipinski definition) is 2. The fourth-order valence-corrected chi connectivity index (χ4v) is 0.846. The molecular weight excluding hydrogens is 118 g/mol. The molecule has 1 saturated heterocycles. The Hall–Kier alpha value is -0.120. The molecule has 54 valence electrons. The number of nitrogens with one attached hydrogen (secondary N) is 1. The Morgan fingerprint density at radius 3 is 3.11 bits per heavy atom. The van der Waals surface area contributed by atoms with E-state index in [0.717, 1.165) is 6.54 Å². The van der Waals surface area contributed by atoms with Crippen molar-refractivity contribution >= 4 is 0 Å². The molecule has 0 radical (unpaired) electrons. The van der Waals surface area contributed by atoms with Gasteiger partial charge < -0.3 is 15.2 Å². The summed E-state index contributed by atoms with van der Waals surface area (Å²) < 4.78 is 5.20. The van der Waals surface area contributed by atoms with Crippen LogP contribution in [0.15, 0.2) is 0 Å².